The molecule has 7 atom stereocenters. The Morgan fingerprint density at radius 2 is 1.54 bits per heavy atom. The first-order valence-corrected chi connectivity index (χ1v) is 16.2. The van der Waals surface area contributed by atoms with Crippen LogP contribution < -0.4 is 0 Å². The molecule has 3 saturated carbocycles. The van der Waals surface area contributed by atoms with Crippen molar-refractivity contribution in [3.63, 3.8) is 0 Å². The van der Waals surface area contributed by atoms with Crippen LogP contribution in [0.5, 0.6) is 0 Å². The normalized spacial score (nSPS) is 29.7. The summed E-state index contributed by atoms with van der Waals surface area (Å²) in [5, 5.41) is 4.65. The van der Waals surface area contributed by atoms with Gasteiger partial charge in [-0.05, 0) is 86.9 Å². The standard InChI is InChI=1S/C22H38O.C6H6N2.3C2H6.C2H4/c1-4-6-9-18-16(5-2)11-12-20-19(18)13-14-22(3)17(15-23)8-7-10-21(20)22;1-4-7-8(5-2)6-3;4*1-2/h15-21H,4-14H2,1-3H3;2-4H,1H3;3*1-2H3;1-2H2/b;7-4-;;;;. The van der Waals surface area contributed by atoms with Gasteiger partial charge in [0.15, 0.2) is 0 Å². The third-order valence-corrected chi connectivity index (χ3v) is 8.89. The summed E-state index contributed by atoms with van der Waals surface area (Å²) >= 11 is 0. The minimum atomic E-state index is 0.329. The van der Waals surface area contributed by atoms with Crippen LogP contribution in [0.25, 0.3) is 0 Å². The molecule has 3 aliphatic carbocycles. The molecule has 0 bridgehead atoms. The summed E-state index contributed by atoms with van der Waals surface area (Å²) < 4.78 is 0. The van der Waals surface area contributed by atoms with E-state index >= 15 is 0 Å². The van der Waals surface area contributed by atoms with Crippen LogP contribution in [0.4, 0.5) is 0 Å². The lowest BCUT2D eigenvalue weighted by Crippen LogP contribution is -2.52. The number of aldehydes is 1. The number of nitrogens with zero attached hydrogens (tertiary/aromatic N) is 2. The van der Waals surface area contributed by atoms with Gasteiger partial charge in [0.1, 0.15) is 6.29 Å². The molecule has 0 heterocycles. The lowest BCUT2D eigenvalue weighted by atomic mass is 9.46. The number of terminal acetylenes is 2. The van der Waals surface area contributed by atoms with Crippen molar-refractivity contribution in [3.05, 3.63) is 13.2 Å². The van der Waals surface area contributed by atoms with Crippen LogP contribution in [0.1, 0.15) is 140 Å². The van der Waals surface area contributed by atoms with Crippen LogP contribution in [-0.4, -0.2) is 17.5 Å². The summed E-state index contributed by atoms with van der Waals surface area (Å²) in [7, 11) is 0. The summed E-state index contributed by atoms with van der Waals surface area (Å²) in [5.74, 6) is 5.06. The Bertz CT molecular complexity index is 673. The van der Waals surface area contributed by atoms with Crippen molar-refractivity contribution >= 4 is 12.5 Å². The van der Waals surface area contributed by atoms with Crippen LogP contribution in [0, 0.1) is 65.9 Å². The maximum atomic E-state index is 11.7. The van der Waals surface area contributed by atoms with E-state index in [1.165, 1.54) is 76.7 Å². The Morgan fingerprint density at radius 3 is 1.97 bits per heavy atom. The van der Waals surface area contributed by atoms with E-state index in [4.69, 9.17) is 12.8 Å². The summed E-state index contributed by atoms with van der Waals surface area (Å²) in [6, 6.07) is 4.30. The predicted molar refractivity (Wildman–Crippen MR) is 176 cm³/mol. The summed E-state index contributed by atoms with van der Waals surface area (Å²) in [4.78, 5) is 11.7. The van der Waals surface area contributed by atoms with Crippen LogP contribution in [0.15, 0.2) is 18.3 Å². The smallest absolute Gasteiger partial charge is 0.123 e. The Hall–Kier alpha value is -2.00. The number of hydrogen-bond donors (Lipinski definition) is 0. The first kappa shape index (κ1) is 41.5. The first-order valence-electron chi connectivity index (χ1n) is 16.2. The van der Waals surface area contributed by atoms with E-state index in [2.05, 4.69) is 51.1 Å². The highest BCUT2D eigenvalue weighted by Gasteiger charge is 2.54. The second kappa shape index (κ2) is 26.2. The molecule has 0 spiro atoms. The number of unbranched alkanes of at least 4 members (excludes halogenated alkanes) is 1. The Balaban J connectivity index is -0.000000683. The molecule has 0 amide bonds. The fraction of sp³-hybridized carbons (Fsp3) is 0.778. The maximum absolute atomic E-state index is 11.7. The molecule has 0 saturated heterocycles. The highest BCUT2D eigenvalue weighted by Crippen LogP contribution is 2.61. The second-order valence-electron chi connectivity index (χ2n) is 10.1. The molecule has 0 radical (unpaired) electrons. The van der Waals surface area contributed by atoms with Gasteiger partial charge in [-0.1, -0.05) is 101 Å². The quantitative estimate of drug-likeness (QED) is 0.0835. The summed E-state index contributed by atoms with van der Waals surface area (Å²) in [6.07, 6.45) is 27.7. The monoisotopic (exact) mass is 543 g/mol. The molecule has 0 aliphatic heterocycles. The van der Waals surface area contributed by atoms with Gasteiger partial charge in [0.05, 0.1) is 0 Å². The minimum Gasteiger partial charge on any atom is -0.303 e. The number of carbonyl (C=O) groups excluding carboxylic acids is 1. The zero-order chi connectivity index (χ0) is 30.9. The molecule has 0 aromatic carbocycles. The molecular weight excluding hydrogens is 476 g/mol. The zero-order valence-electron chi connectivity index (χ0n) is 27.8. The lowest BCUT2D eigenvalue weighted by Gasteiger charge is -2.59. The third-order valence-electron chi connectivity index (χ3n) is 8.89. The Morgan fingerprint density at radius 1 is 0.949 bits per heavy atom. The van der Waals surface area contributed by atoms with Crippen molar-refractivity contribution in [1.82, 2.24) is 5.01 Å². The largest absolute Gasteiger partial charge is 0.303 e. The first-order chi connectivity index (χ1) is 19.0. The van der Waals surface area contributed by atoms with Crippen LogP contribution in [-0.2, 0) is 4.79 Å². The van der Waals surface area contributed by atoms with Crippen LogP contribution in [0.3, 0.4) is 0 Å². The molecule has 3 aliphatic rings. The second-order valence-corrected chi connectivity index (χ2v) is 10.1. The third kappa shape index (κ3) is 12.4. The number of hydrogen-bond acceptors (Lipinski definition) is 3. The van der Waals surface area contributed by atoms with Crippen molar-refractivity contribution in [1.29, 1.82) is 0 Å². The molecule has 226 valence electrons. The van der Waals surface area contributed by atoms with Gasteiger partial charge in [-0.15, -0.1) is 18.2 Å². The summed E-state index contributed by atoms with van der Waals surface area (Å²) in [6.45, 7) is 27.0. The van der Waals surface area contributed by atoms with E-state index in [0.717, 1.165) is 41.0 Å². The van der Waals surface area contributed by atoms with Crippen LogP contribution in [0.2, 0.25) is 0 Å². The molecule has 7 unspecified atom stereocenters. The highest BCUT2D eigenvalue weighted by atomic mass is 16.1. The van der Waals surface area contributed by atoms with Gasteiger partial charge < -0.3 is 4.79 Å². The molecule has 0 N–H and O–H groups in total. The Kier molecular flexibility index (Phi) is 27.9. The number of fused-ring (bicyclic) bond motifs is 3. The molecule has 3 fully saturated rings. The van der Waals surface area contributed by atoms with E-state index in [9.17, 15) is 4.79 Å². The molecule has 3 heteroatoms. The van der Waals surface area contributed by atoms with Gasteiger partial charge in [-0.3, -0.25) is 0 Å². The molecule has 0 aromatic heterocycles. The van der Waals surface area contributed by atoms with Gasteiger partial charge in [0.2, 0.25) is 0 Å². The molecule has 3 nitrogen and oxygen atoms in total. The van der Waals surface area contributed by atoms with Gasteiger partial charge in [0, 0.05) is 24.2 Å². The van der Waals surface area contributed by atoms with Crippen molar-refractivity contribution < 1.29 is 4.79 Å². The molecule has 0 aromatic rings. The predicted octanol–water partition coefficient (Wildman–Crippen LogP) is 10.6. The number of rotatable bonds is 6. The van der Waals surface area contributed by atoms with E-state index in [1.54, 1.807) is 6.92 Å². The molecule has 39 heavy (non-hydrogen) atoms. The number of carbonyl (C=O) groups is 1. The van der Waals surface area contributed by atoms with Crippen molar-refractivity contribution in [2.24, 2.45) is 46.0 Å². The van der Waals surface area contributed by atoms with Crippen LogP contribution >= 0.6 is 0 Å². The van der Waals surface area contributed by atoms with E-state index < -0.39 is 0 Å². The topological polar surface area (TPSA) is 32.7 Å². The minimum absolute atomic E-state index is 0.329. The number of hydrazone groups is 1. The average Bonchev–Trinajstić information content (AvgIpc) is 3.02. The van der Waals surface area contributed by atoms with Gasteiger partial charge in [-0.25, -0.2) is 0 Å². The molecule has 3 rings (SSSR count). The fourth-order valence-electron chi connectivity index (χ4n) is 7.31. The van der Waals surface area contributed by atoms with Gasteiger partial charge in [0.25, 0.3) is 0 Å². The highest BCUT2D eigenvalue weighted by molar-refractivity contribution is 5.55. The Labute approximate surface area is 246 Å². The van der Waals surface area contributed by atoms with E-state index in [-0.39, 0.29) is 0 Å². The van der Waals surface area contributed by atoms with Gasteiger partial charge in [-0.2, -0.15) is 5.10 Å². The average molecular weight is 543 g/mol. The SMILES string of the molecule is C#CN(C#C)/N=C\C.C=C.CC.CC.CC.CCCCC1C(CC)CCC2C1CCC1(C)C(C=O)CCCC21. The van der Waals surface area contributed by atoms with Gasteiger partial charge >= 0.3 is 0 Å². The van der Waals surface area contributed by atoms with E-state index in [1.807, 2.05) is 41.5 Å². The van der Waals surface area contributed by atoms with Crippen molar-refractivity contribution in [3.8, 4) is 24.9 Å². The van der Waals surface area contributed by atoms with E-state index in [0.29, 0.717) is 11.3 Å². The molecular formula is C36H66N2O. The fourth-order valence-corrected chi connectivity index (χ4v) is 7.31. The zero-order valence-corrected chi connectivity index (χ0v) is 27.8. The maximum Gasteiger partial charge on any atom is 0.123 e. The summed E-state index contributed by atoms with van der Waals surface area (Å²) in [5.41, 5.74) is 0.329. The van der Waals surface area contributed by atoms with Crippen molar-refractivity contribution in [2.45, 2.75) is 140 Å². The van der Waals surface area contributed by atoms with Crippen molar-refractivity contribution in [2.75, 3.05) is 0 Å². The lowest BCUT2D eigenvalue weighted by molar-refractivity contribution is -0.131.